The number of ether oxygens (including phenoxy) is 1. The molecule has 0 radical (unpaired) electrons. The Hall–Kier alpha value is -1.72. The van der Waals surface area contributed by atoms with Crippen molar-refractivity contribution >= 4 is 5.91 Å². The zero-order chi connectivity index (χ0) is 11.6. The summed E-state index contributed by atoms with van der Waals surface area (Å²) in [6, 6.07) is 0. The minimum absolute atomic E-state index is 0.000278. The van der Waals surface area contributed by atoms with Gasteiger partial charge in [0.1, 0.15) is 0 Å². The number of amides is 1. The Morgan fingerprint density at radius 3 is 2.60 bits per heavy atom. The number of pyridine rings is 1. The molecule has 0 atom stereocenters. The van der Waals surface area contributed by atoms with Crippen LogP contribution in [0.15, 0.2) is 6.20 Å². The van der Waals surface area contributed by atoms with E-state index in [1.807, 2.05) is 0 Å². The van der Waals surface area contributed by atoms with E-state index >= 15 is 0 Å². The molecule has 0 unspecified atom stereocenters. The van der Waals surface area contributed by atoms with E-state index in [-0.39, 0.29) is 11.3 Å². The summed E-state index contributed by atoms with van der Waals surface area (Å²) in [6.45, 7) is 1.54. The Morgan fingerprint density at radius 1 is 1.60 bits per heavy atom. The van der Waals surface area contributed by atoms with Crippen LogP contribution in [0, 0.1) is 6.92 Å². The van der Waals surface area contributed by atoms with Crippen molar-refractivity contribution in [3.8, 4) is 5.75 Å². The number of aryl methyl sites for hydroxylation is 1. The SMILES string of the molecule is COc1c(C)ncc(C(F)F)c1C(N)=O. The molecule has 0 aliphatic carbocycles. The molecule has 6 heteroatoms. The lowest BCUT2D eigenvalue weighted by Crippen LogP contribution is -2.17. The number of carbonyl (C=O) groups excluding carboxylic acids is 1. The largest absolute Gasteiger partial charge is 0.494 e. The average molecular weight is 216 g/mol. The highest BCUT2D eigenvalue weighted by molar-refractivity contribution is 5.97. The van der Waals surface area contributed by atoms with Crippen LogP contribution in [0.5, 0.6) is 5.75 Å². The number of nitrogens with two attached hydrogens (primary N) is 1. The summed E-state index contributed by atoms with van der Waals surface area (Å²) in [5.74, 6) is -0.951. The summed E-state index contributed by atoms with van der Waals surface area (Å²) >= 11 is 0. The van der Waals surface area contributed by atoms with E-state index in [9.17, 15) is 13.6 Å². The van der Waals surface area contributed by atoms with Gasteiger partial charge in [0.2, 0.25) is 0 Å². The van der Waals surface area contributed by atoms with Crippen LogP contribution < -0.4 is 10.5 Å². The smallest absolute Gasteiger partial charge is 0.266 e. The first-order chi connectivity index (χ1) is 6.99. The Bertz CT molecular complexity index is 394. The first-order valence-corrected chi connectivity index (χ1v) is 4.10. The number of methoxy groups -OCH3 is 1. The molecule has 0 bridgehead atoms. The van der Waals surface area contributed by atoms with E-state index in [1.54, 1.807) is 6.92 Å². The minimum atomic E-state index is -2.81. The van der Waals surface area contributed by atoms with Crippen LogP contribution in [0.4, 0.5) is 8.78 Å². The van der Waals surface area contributed by atoms with E-state index in [0.717, 1.165) is 6.20 Å². The second-order valence-corrected chi connectivity index (χ2v) is 2.87. The number of aromatic nitrogens is 1. The molecule has 15 heavy (non-hydrogen) atoms. The lowest BCUT2D eigenvalue weighted by Gasteiger charge is -2.12. The van der Waals surface area contributed by atoms with Crippen molar-refractivity contribution in [2.45, 2.75) is 13.3 Å². The maximum absolute atomic E-state index is 12.5. The minimum Gasteiger partial charge on any atom is -0.494 e. The fraction of sp³-hybridized carbons (Fsp3) is 0.333. The van der Waals surface area contributed by atoms with Crippen LogP contribution in [0.25, 0.3) is 0 Å². The number of rotatable bonds is 3. The van der Waals surface area contributed by atoms with Crippen LogP contribution in [-0.4, -0.2) is 18.0 Å². The van der Waals surface area contributed by atoms with Gasteiger partial charge in [0.25, 0.3) is 12.3 Å². The highest BCUT2D eigenvalue weighted by Crippen LogP contribution is 2.30. The molecule has 2 N–H and O–H groups in total. The summed E-state index contributed by atoms with van der Waals surface area (Å²) in [4.78, 5) is 14.7. The third kappa shape index (κ3) is 2.03. The molecular weight excluding hydrogens is 206 g/mol. The van der Waals surface area contributed by atoms with Crippen molar-refractivity contribution in [1.29, 1.82) is 0 Å². The quantitative estimate of drug-likeness (QED) is 0.831. The lowest BCUT2D eigenvalue weighted by molar-refractivity contribution is 0.0981. The van der Waals surface area contributed by atoms with Gasteiger partial charge in [-0.15, -0.1) is 0 Å². The zero-order valence-electron chi connectivity index (χ0n) is 8.25. The Balaban J connectivity index is 3.49. The second-order valence-electron chi connectivity index (χ2n) is 2.87. The van der Waals surface area contributed by atoms with Crippen LogP contribution in [0.2, 0.25) is 0 Å². The van der Waals surface area contributed by atoms with Crippen LogP contribution in [0.1, 0.15) is 28.0 Å². The van der Waals surface area contributed by atoms with Gasteiger partial charge in [-0.1, -0.05) is 0 Å². The molecule has 1 rings (SSSR count). The molecule has 0 aliphatic rings. The van der Waals surface area contributed by atoms with E-state index < -0.39 is 17.9 Å². The van der Waals surface area contributed by atoms with Crippen molar-refractivity contribution in [3.05, 3.63) is 23.0 Å². The molecule has 0 saturated carbocycles. The molecule has 1 heterocycles. The van der Waals surface area contributed by atoms with Gasteiger partial charge >= 0.3 is 0 Å². The molecule has 4 nitrogen and oxygen atoms in total. The van der Waals surface area contributed by atoms with Crippen LogP contribution in [-0.2, 0) is 0 Å². The van der Waals surface area contributed by atoms with Crippen molar-refractivity contribution < 1.29 is 18.3 Å². The third-order valence-electron chi connectivity index (χ3n) is 1.93. The van der Waals surface area contributed by atoms with Gasteiger partial charge in [0, 0.05) is 6.20 Å². The van der Waals surface area contributed by atoms with Crippen LogP contribution in [0.3, 0.4) is 0 Å². The Labute approximate surface area is 85.1 Å². The van der Waals surface area contributed by atoms with Crippen LogP contribution >= 0.6 is 0 Å². The number of alkyl halides is 2. The van der Waals surface area contributed by atoms with Gasteiger partial charge in [-0.25, -0.2) is 8.78 Å². The summed E-state index contributed by atoms with van der Waals surface area (Å²) in [5.41, 5.74) is 4.55. The predicted molar refractivity (Wildman–Crippen MR) is 49.0 cm³/mol. The van der Waals surface area contributed by atoms with E-state index in [2.05, 4.69) is 4.98 Å². The summed E-state index contributed by atoms with van der Waals surface area (Å²) in [5, 5.41) is 0. The van der Waals surface area contributed by atoms with Crippen molar-refractivity contribution in [2.24, 2.45) is 5.73 Å². The molecule has 1 aromatic rings. The molecule has 1 aromatic heterocycles. The van der Waals surface area contributed by atoms with E-state index in [4.69, 9.17) is 10.5 Å². The Morgan fingerprint density at radius 2 is 2.20 bits per heavy atom. The first kappa shape index (κ1) is 11.4. The standard InChI is InChI=1S/C9H10F2N2O2/c1-4-7(15-2)6(9(12)14)5(3-13-4)8(10)11/h3,8H,1-2H3,(H2,12,14). The third-order valence-corrected chi connectivity index (χ3v) is 1.93. The second kappa shape index (κ2) is 4.20. The molecular formula is C9H10F2N2O2. The normalized spacial score (nSPS) is 10.5. The molecule has 0 fully saturated rings. The summed E-state index contributed by atoms with van der Waals surface area (Å²) in [7, 11) is 1.27. The van der Waals surface area contributed by atoms with Gasteiger partial charge in [-0.2, -0.15) is 0 Å². The highest BCUT2D eigenvalue weighted by atomic mass is 19.3. The number of carbonyl (C=O) groups is 1. The fourth-order valence-corrected chi connectivity index (χ4v) is 1.27. The average Bonchev–Trinajstić information content (AvgIpc) is 2.16. The van der Waals surface area contributed by atoms with Gasteiger partial charge in [-0.05, 0) is 6.92 Å². The number of primary amides is 1. The molecule has 0 aliphatic heterocycles. The Kier molecular flexibility index (Phi) is 3.18. The molecule has 0 aromatic carbocycles. The topological polar surface area (TPSA) is 65.2 Å². The fourth-order valence-electron chi connectivity index (χ4n) is 1.27. The van der Waals surface area contributed by atoms with Crippen molar-refractivity contribution in [1.82, 2.24) is 4.98 Å². The zero-order valence-corrected chi connectivity index (χ0v) is 8.25. The first-order valence-electron chi connectivity index (χ1n) is 4.10. The van der Waals surface area contributed by atoms with Crippen molar-refractivity contribution in [3.63, 3.8) is 0 Å². The van der Waals surface area contributed by atoms with Gasteiger partial charge < -0.3 is 10.5 Å². The highest BCUT2D eigenvalue weighted by Gasteiger charge is 2.23. The number of nitrogens with zero attached hydrogens (tertiary/aromatic N) is 1. The number of hydrogen-bond donors (Lipinski definition) is 1. The van der Waals surface area contributed by atoms with Gasteiger partial charge in [-0.3, -0.25) is 9.78 Å². The van der Waals surface area contributed by atoms with E-state index in [0.29, 0.717) is 5.69 Å². The lowest BCUT2D eigenvalue weighted by atomic mass is 10.1. The number of hydrogen-bond acceptors (Lipinski definition) is 3. The van der Waals surface area contributed by atoms with Gasteiger partial charge in [0.15, 0.2) is 5.75 Å². The maximum atomic E-state index is 12.5. The molecule has 82 valence electrons. The molecule has 0 spiro atoms. The maximum Gasteiger partial charge on any atom is 0.266 e. The monoisotopic (exact) mass is 216 g/mol. The van der Waals surface area contributed by atoms with E-state index in [1.165, 1.54) is 7.11 Å². The molecule has 0 saturated heterocycles. The summed E-state index contributed by atoms with van der Waals surface area (Å²) in [6.07, 6.45) is -1.88. The predicted octanol–water partition coefficient (Wildman–Crippen LogP) is 1.44. The summed E-state index contributed by atoms with van der Waals surface area (Å²) < 4.78 is 29.9. The van der Waals surface area contributed by atoms with Gasteiger partial charge in [0.05, 0.1) is 23.9 Å². The molecule has 1 amide bonds. The van der Waals surface area contributed by atoms with Crippen molar-refractivity contribution in [2.75, 3.05) is 7.11 Å². The number of halogens is 2.